The van der Waals surface area contributed by atoms with Gasteiger partial charge in [0.25, 0.3) is 5.56 Å². The lowest BCUT2D eigenvalue weighted by molar-refractivity contribution is 0.411. The summed E-state index contributed by atoms with van der Waals surface area (Å²) >= 11 is 1.79. The van der Waals surface area contributed by atoms with Crippen molar-refractivity contribution < 1.29 is 0 Å². The van der Waals surface area contributed by atoms with Crippen molar-refractivity contribution in [1.82, 2.24) is 24.8 Å². The van der Waals surface area contributed by atoms with Crippen LogP contribution in [0.5, 0.6) is 0 Å². The van der Waals surface area contributed by atoms with Gasteiger partial charge in [-0.3, -0.25) is 9.36 Å². The van der Waals surface area contributed by atoms with Gasteiger partial charge in [-0.25, -0.2) is 4.98 Å². The van der Waals surface area contributed by atoms with Gasteiger partial charge in [0.05, 0.1) is 6.54 Å². The van der Waals surface area contributed by atoms with Crippen molar-refractivity contribution in [1.29, 1.82) is 0 Å². The van der Waals surface area contributed by atoms with Gasteiger partial charge in [-0.15, -0.1) is 11.3 Å². The average Bonchev–Trinajstić information content (AvgIpc) is 3.82. The Hall–Kier alpha value is -4.05. The summed E-state index contributed by atoms with van der Waals surface area (Å²) in [5, 5.41) is 9.84. The van der Waals surface area contributed by atoms with Crippen LogP contribution in [0.15, 0.2) is 83.1 Å². The van der Waals surface area contributed by atoms with Crippen molar-refractivity contribution in [2.24, 2.45) is 0 Å². The van der Waals surface area contributed by atoms with E-state index in [2.05, 4.69) is 63.3 Å². The molecule has 9 heteroatoms. The number of likely N-dealkylation sites (tertiary alicyclic amines) is 1. The van der Waals surface area contributed by atoms with E-state index in [-0.39, 0.29) is 5.56 Å². The summed E-state index contributed by atoms with van der Waals surface area (Å²) in [7, 11) is 4.12. The molecule has 2 aliphatic heterocycles. The summed E-state index contributed by atoms with van der Waals surface area (Å²) in [6, 6.07) is 22.6. The molecule has 2 unspecified atom stereocenters. The molecule has 2 fully saturated rings. The zero-order valence-corrected chi connectivity index (χ0v) is 25.5. The second-order valence-corrected chi connectivity index (χ2v) is 12.7. The summed E-state index contributed by atoms with van der Waals surface area (Å²) in [6.07, 6.45) is 4.13. The van der Waals surface area contributed by atoms with E-state index >= 15 is 0 Å². The highest BCUT2D eigenvalue weighted by Crippen LogP contribution is 2.32. The molecule has 220 valence electrons. The largest absolute Gasteiger partial charge is 0.340 e. The molecule has 0 amide bonds. The number of anilines is 4. The third-order valence-corrected chi connectivity index (χ3v) is 10.0. The van der Waals surface area contributed by atoms with Gasteiger partial charge in [0.1, 0.15) is 11.3 Å². The summed E-state index contributed by atoms with van der Waals surface area (Å²) < 4.78 is 1.82. The number of fused-ring (bicyclic) bond motifs is 1. The second kappa shape index (κ2) is 11.9. The van der Waals surface area contributed by atoms with Crippen LogP contribution in [-0.2, 0) is 6.54 Å². The molecule has 2 aliphatic rings. The maximum Gasteiger partial charge on any atom is 0.276 e. The Labute approximate surface area is 256 Å². The van der Waals surface area contributed by atoms with E-state index in [1.807, 2.05) is 59.1 Å². The van der Waals surface area contributed by atoms with Gasteiger partial charge >= 0.3 is 0 Å². The lowest BCUT2D eigenvalue weighted by atomic mass is 9.98. The molecule has 0 aliphatic carbocycles. The van der Waals surface area contributed by atoms with E-state index in [0.717, 1.165) is 49.4 Å². The van der Waals surface area contributed by atoms with Crippen molar-refractivity contribution in [2.45, 2.75) is 31.2 Å². The minimum Gasteiger partial charge on any atom is -0.340 e. The molecule has 5 heterocycles. The van der Waals surface area contributed by atoms with Crippen LogP contribution in [-0.4, -0.2) is 59.7 Å². The van der Waals surface area contributed by atoms with Crippen molar-refractivity contribution in [2.75, 3.05) is 50.5 Å². The van der Waals surface area contributed by atoms with E-state index in [1.54, 1.807) is 11.3 Å². The Morgan fingerprint density at radius 1 is 1.07 bits per heavy atom. The van der Waals surface area contributed by atoms with Crippen LogP contribution in [0.25, 0.3) is 11.0 Å². The lowest BCUT2D eigenvalue weighted by Gasteiger charge is -2.21. The first-order chi connectivity index (χ1) is 21.0. The van der Waals surface area contributed by atoms with Gasteiger partial charge in [0, 0.05) is 53.9 Å². The first-order valence-electron chi connectivity index (χ1n) is 15.1. The summed E-state index contributed by atoms with van der Waals surface area (Å²) in [5.74, 6) is 1.53. The summed E-state index contributed by atoms with van der Waals surface area (Å²) in [4.78, 5) is 29.5. The number of para-hydroxylation sites is 1. The van der Waals surface area contributed by atoms with Crippen LogP contribution in [0.3, 0.4) is 0 Å². The van der Waals surface area contributed by atoms with Crippen LogP contribution in [0.1, 0.15) is 40.7 Å². The van der Waals surface area contributed by atoms with E-state index < -0.39 is 0 Å². The van der Waals surface area contributed by atoms with Gasteiger partial charge < -0.3 is 20.4 Å². The summed E-state index contributed by atoms with van der Waals surface area (Å²) in [5.41, 5.74) is 5.57. The molecule has 0 spiro atoms. The topological polar surface area (TPSA) is 78.3 Å². The molecular weight excluding hydrogens is 554 g/mol. The Morgan fingerprint density at radius 2 is 1.91 bits per heavy atom. The number of thiophene rings is 1. The Morgan fingerprint density at radius 3 is 2.65 bits per heavy atom. The first-order valence-corrected chi connectivity index (χ1v) is 15.9. The average molecular weight is 592 g/mol. The number of hydrogen-bond acceptors (Lipinski definition) is 8. The van der Waals surface area contributed by atoms with E-state index in [4.69, 9.17) is 4.98 Å². The van der Waals surface area contributed by atoms with Crippen LogP contribution in [0, 0.1) is 0 Å². The normalized spacial score (nSPS) is 18.8. The van der Waals surface area contributed by atoms with Crippen molar-refractivity contribution >= 4 is 45.4 Å². The molecule has 5 aromatic rings. The Kier molecular flexibility index (Phi) is 7.69. The zero-order chi connectivity index (χ0) is 29.3. The van der Waals surface area contributed by atoms with Crippen LogP contribution < -0.4 is 21.1 Å². The van der Waals surface area contributed by atoms with Crippen LogP contribution in [0.2, 0.25) is 0 Å². The highest BCUT2D eigenvalue weighted by Gasteiger charge is 2.23. The molecule has 43 heavy (non-hydrogen) atoms. The predicted octanol–water partition coefficient (Wildman–Crippen LogP) is 5.91. The quantitative estimate of drug-likeness (QED) is 0.232. The number of likely N-dealkylation sites (N-methyl/N-ethyl adjacent to an activating group) is 1. The van der Waals surface area contributed by atoms with Gasteiger partial charge in [-0.2, -0.15) is 4.98 Å². The predicted molar refractivity (Wildman–Crippen MR) is 177 cm³/mol. The van der Waals surface area contributed by atoms with Gasteiger partial charge in [0.2, 0.25) is 5.95 Å². The minimum absolute atomic E-state index is 0.0731. The maximum atomic E-state index is 14.2. The molecule has 0 bridgehead atoms. The van der Waals surface area contributed by atoms with Crippen molar-refractivity contribution in [3.8, 4) is 0 Å². The number of rotatable bonds is 8. The molecule has 7 rings (SSSR count). The molecule has 0 radical (unpaired) electrons. The van der Waals surface area contributed by atoms with Gasteiger partial charge in [-0.05, 0) is 91.8 Å². The Balaban J connectivity index is 1.26. The summed E-state index contributed by atoms with van der Waals surface area (Å²) in [6.45, 7) is 4.71. The third-order valence-electron chi connectivity index (χ3n) is 8.88. The first kappa shape index (κ1) is 27.8. The molecule has 8 nitrogen and oxygen atoms in total. The molecule has 3 aromatic heterocycles. The lowest BCUT2D eigenvalue weighted by Crippen LogP contribution is -2.28. The number of benzene rings is 2. The van der Waals surface area contributed by atoms with Crippen molar-refractivity contribution in [3.63, 3.8) is 0 Å². The fourth-order valence-corrected chi connectivity index (χ4v) is 7.50. The standard InChI is InChI=1S/C34H37N7OS/c1-39-16-13-25(21-39)23-8-10-28(11-9-23)37-34-36-20-27-18-30(40(2)29-6-4-3-5-7-29)33(42)41(32(27)38-34)22-26-14-17-43-31(26)24-12-15-35-19-24/h3-11,14,17-18,20,24-25,35H,12-13,15-16,19,21-22H2,1-2H3,(H,36,37,38). The number of nitrogens with zero attached hydrogens (tertiary/aromatic N) is 5. The fourth-order valence-electron chi connectivity index (χ4n) is 6.44. The second-order valence-electron chi connectivity index (χ2n) is 11.8. The van der Waals surface area contributed by atoms with Crippen molar-refractivity contribution in [3.05, 3.63) is 105 Å². The minimum atomic E-state index is -0.0731. The fraction of sp³-hybridized carbons (Fsp3) is 0.324. The maximum absolute atomic E-state index is 14.2. The monoisotopic (exact) mass is 591 g/mol. The highest BCUT2D eigenvalue weighted by molar-refractivity contribution is 7.10. The number of nitrogens with one attached hydrogen (secondary N) is 2. The SMILES string of the molecule is CN1CCC(c2ccc(Nc3ncc4cc(N(C)c5ccccc5)c(=O)n(Cc5ccsc5C5CCNC5)c4n3)cc2)C1. The van der Waals surface area contributed by atoms with E-state index in [0.29, 0.717) is 35.7 Å². The van der Waals surface area contributed by atoms with Crippen LogP contribution >= 0.6 is 11.3 Å². The number of pyridine rings is 1. The highest BCUT2D eigenvalue weighted by atomic mass is 32.1. The molecule has 2 atom stereocenters. The molecule has 0 saturated carbocycles. The molecule has 2 N–H and O–H groups in total. The third kappa shape index (κ3) is 5.68. The molecular formula is C34H37N7OS. The molecule has 2 saturated heterocycles. The van der Waals surface area contributed by atoms with Crippen LogP contribution in [0.4, 0.5) is 23.0 Å². The Bertz CT molecular complexity index is 1780. The van der Waals surface area contributed by atoms with E-state index in [1.165, 1.54) is 22.4 Å². The number of hydrogen-bond donors (Lipinski definition) is 2. The number of aromatic nitrogens is 3. The van der Waals surface area contributed by atoms with Gasteiger partial charge in [0.15, 0.2) is 0 Å². The molecule has 2 aromatic carbocycles. The van der Waals surface area contributed by atoms with E-state index in [9.17, 15) is 4.79 Å². The zero-order valence-electron chi connectivity index (χ0n) is 24.7. The van der Waals surface area contributed by atoms with Gasteiger partial charge in [-0.1, -0.05) is 30.3 Å². The smallest absolute Gasteiger partial charge is 0.276 e.